The van der Waals surface area contributed by atoms with Crippen LogP contribution in [0.1, 0.15) is 17.1 Å². The van der Waals surface area contributed by atoms with Crippen molar-refractivity contribution in [2.45, 2.75) is 6.42 Å². The molecular formula is C48H31N3O2. The van der Waals surface area contributed by atoms with Crippen LogP contribution < -0.4 is 0 Å². The maximum atomic E-state index is 6.61. The minimum Gasteiger partial charge on any atom is -0.456 e. The Hall–Kier alpha value is -7.11. The second-order valence-corrected chi connectivity index (χ2v) is 13.2. The molecule has 3 aromatic heterocycles. The molecule has 0 radical (unpaired) electrons. The Balaban J connectivity index is 1.14. The number of benzene rings is 7. The molecule has 5 heteroatoms. The largest absolute Gasteiger partial charge is 0.456 e. The summed E-state index contributed by atoms with van der Waals surface area (Å²) in [7, 11) is 0. The fourth-order valence-corrected chi connectivity index (χ4v) is 7.52. The molecule has 0 saturated heterocycles. The summed E-state index contributed by atoms with van der Waals surface area (Å²) >= 11 is 0. The molecule has 0 spiro atoms. The van der Waals surface area contributed by atoms with Crippen molar-refractivity contribution in [3.05, 3.63) is 181 Å². The quantitative estimate of drug-likeness (QED) is 0.124. The van der Waals surface area contributed by atoms with E-state index in [-0.39, 0.29) is 0 Å². The second kappa shape index (κ2) is 12.6. The van der Waals surface area contributed by atoms with E-state index in [2.05, 4.69) is 104 Å². The number of para-hydroxylation sites is 2. The van der Waals surface area contributed by atoms with E-state index in [0.29, 0.717) is 23.9 Å². The van der Waals surface area contributed by atoms with E-state index in [1.54, 1.807) is 6.08 Å². The third-order valence-electron chi connectivity index (χ3n) is 9.98. The first-order valence-electron chi connectivity index (χ1n) is 17.7. The Bertz CT molecular complexity index is 3060. The van der Waals surface area contributed by atoms with E-state index in [1.807, 2.05) is 60.7 Å². The lowest BCUT2D eigenvalue weighted by Crippen LogP contribution is -2.04. The maximum Gasteiger partial charge on any atom is 0.164 e. The molecule has 0 saturated carbocycles. The van der Waals surface area contributed by atoms with E-state index in [4.69, 9.17) is 23.8 Å². The Kier molecular flexibility index (Phi) is 7.29. The van der Waals surface area contributed by atoms with Crippen LogP contribution in [0.2, 0.25) is 0 Å². The van der Waals surface area contributed by atoms with Crippen LogP contribution in [0, 0.1) is 0 Å². The maximum absolute atomic E-state index is 6.61. The first kappa shape index (κ1) is 30.7. The molecule has 0 aliphatic heterocycles. The number of hydrogen-bond acceptors (Lipinski definition) is 5. The van der Waals surface area contributed by atoms with Crippen LogP contribution in [0.25, 0.3) is 94.4 Å². The lowest BCUT2D eigenvalue weighted by atomic mass is 9.97. The highest BCUT2D eigenvalue weighted by Gasteiger charge is 2.20. The lowest BCUT2D eigenvalue weighted by molar-refractivity contribution is 0.599. The van der Waals surface area contributed by atoms with Crippen molar-refractivity contribution in [1.82, 2.24) is 15.0 Å². The molecule has 5 nitrogen and oxygen atoms in total. The van der Waals surface area contributed by atoms with Crippen LogP contribution in [-0.2, 0) is 6.42 Å². The van der Waals surface area contributed by atoms with Gasteiger partial charge < -0.3 is 8.83 Å². The van der Waals surface area contributed by atoms with Gasteiger partial charge in [-0.25, -0.2) is 15.0 Å². The van der Waals surface area contributed by atoms with Gasteiger partial charge in [-0.2, -0.15) is 0 Å². The minimum atomic E-state index is 0.434. The topological polar surface area (TPSA) is 65.0 Å². The van der Waals surface area contributed by atoms with Crippen LogP contribution in [0.3, 0.4) is 0 Å². The number of nitrogens with zero attached hydrogens (tertiary/aromatic N) is 3. The van der Waals surface area contributed by atoms with Gasteiger partial charge in [-0.05, 0) is 51.4 Å². The van der Waals surface area contributed by atoms with Gasteiger partial charge in [-0.1, -0.05) is 146 Å². The van der Waals surface area contributed by atoms with Crippen molar-refractivity contribution < 1.29 is 8.83 Å². The van der Waals surface area contributed by atoms with Gasteiger partial charge in [0.05, 0.1) is 0 Å². The zero-order valence-electron chi connectivity index (χ0n) is 28.7. The van der Waals surface area contributed by atoms with Crippen LogP contribution in [0.4, 0.5) is 0 Å². The molecular weight excluding hydrogens is 651 g/mol. The van der Waals surface area contributed by atoms with Gasteiger partial charge in [0.1, 0.15) is 28.3 Å². The molecule has 10 aromatic rings. The fourth-order valence-electron chi connectivity index (χ4n) is 7.52. The number of hydrogen-bond donors (Lipinski definition) is 0. The van der Waals surface area contributed by atoms with Crippen LogP contribution in [-0.4, -0.2) is 15.0 Å². The summed E-state index contributed by atoms with van der Waals surface area (Å²) in [6, 6.07) is 50.0. The molecule has 10 rings (SSSR count). The van der Waals surface area contributed by atoms with Gasteiger partial charge in [0.2, 0.25) is 0 Å². The predicted molar refractivity (Wildman–Crippen MR) is 217 cm³/mol. The van der Waals surface area contributed by atoms with Crippen molar-refractivity contribution in [2.75, 3.05) is 0 Å². The van der Waals surface area contributed by atoms with E-state index in [0.717, 1.165) is 82.6 Å². The highest BCUT2D eigenvalue weighted by molar-refractivity contribution is 6.13. The third kappa shape index (κ3) is 5.29. The standard InChI is InChI=1S/C48H31N3O2/c1-2-3-23-43-40(38-26-25-32(28-44(38)52-43)34-21-13-22-39-37-20-11-12-24-42(37)53-46(34)39)29-45-49-47(30-14-5-4-6-15-30)51-48(50-45)41-27-31-16-7-8-17-33(31)35-18-9-10-19-36(35)41/h2-28H,1,29H2/b23-3-. The van der Waals surface area contributed by atoms with Crippen LogP contribution in [0.5, 0.6) is 0 Å². The Labute approximate surface area is 305 Å². The van der Waals surface area contributed by atoms with Gasteiger partial charge in [0, 0.05) is 44.8 Å². The van der Waals surface area contributed by atoms with E-state index >= 15 is 0 Å². The number of furan rings is 2. The number of aromatic nitrogens is 3. The van der Waals surface area contributed by atoms with Crippen molar-refractivity contribution in [1.29, 1.82) is 0 Å². The molecule has 0 aliphatic carbocycles. The molecule has 250 valence electrons. The zero-order chi connectivity index (χ0) is 35.3. The fraction of sp³-hybridized carbons (Fsp3) is 0.0208. The average molecular weight is 682 g/mol. The van der Waals surface area contributed by atoms with Crippen molar-refractivity contribution in [2.24, 2.45) is 0 Å². The number of fused-ring (bicyclic) bond motifs is 7. The molecule has 0 aliphatic rings. The van der Waals surface area contributed by atoms with Crippen molar-refractivity contribution in [3.8, 4) is 33.9 Å². The molecule has 7 aromatic carbocycles. The van der Waals surface area contributed by atoms with Gasteiger partial charge in [0.15, 0.2) is 11.6 Å². The first-order chi connectivity index (χ1) is 26.2. The SMILES string of the molecule is C=C/C=C\c1oc2cc(-c3cccc4c3oc3ccccc34)ccc2c1Cc1nc(-c2ccccc2)nc(-c2cc3ccccc3c3ccccc23)n1. The normalized spacial score (nSPS) is 11.8. The second-order valence-electron chi connectivity index (χ2n) is 13.2. The first-order valence-corrected chi connectivity index (χ1v) is 17.7. The number of rotatable bonds is 7. The Morgan fingerprint density at radius 1 is 0.509 bits per heavy atom. The molecule has 0 unspecified atom stereocenters. The monoisotopic (exact) mass is 681 g/mol. The highest BCUT2D eigenvalue weighted by atomic mass is 16.3. The van der Waals surface area contributed by atoms with Gasteiger partial charge >= 0.3 is 0 Å². The van der Waals surface area contributed by atoms with Crippen molar-refractivity contribution >= 4 is 60.5 Å². The summed E-state index contributed by atoms with van der Waals surface area (Å²) in [4.78, 5) is 15.4. The molecule has 53 heavy (non-hydrogen) atoms. The lowest BCUT2D eigenvalue weighted by Gasteiger charge is -2.12. The van der Waals surface area contributed by atoms with E-state index in [9.17, 15) is 0 Å². The molecule has 0 N–H and O–H groups in total. The van der Waals surface area contributed by atoms with Crippen molar-refractivity contribution in [3.63, 3.8) is 0 Å². The smallest absolute Gasteiger partial charge is 0.164 e. The van der Waals surface area contributed by atoms with E-state index < -0.39 is 0 Å². The molecule has 0 amide bonds. The highest BCUT2D eigenvalue weighted by Crippen LogP contribution is 2.39. The summed E-state index contributed by atoms with van der Waals surface area (Å²) in [5.41, 5.74) is 7.41. The van der Waals surface area contributed by atoms with Gasteiger partial charge in [0.25, 0.3) is 0 Å². The molecule has 0 fully saturated rings. The summed E-state index contributed by atoms with van der Waals surface area (Å²) in [5, 5.41) is 7.78. The summed E-state index contributed by atoms with van der Waals surface area (Å²) in [6.45, 7) is 3.91. The minimum absolute atomic E-state index is 0.434. The average Bonchev–Trinajstić information content (AvgIpc) is 3.77. The Morgan fingerprint density at radius 3 is 2.11 bits per heavy atom. The Morgan fingerprint density at radius 2 is 1.25 bits per heavy atom. The van der Waals surface area contributed by atoms with Crippen LogP contribution in [0.15, 0.2) is 173 Å². The van der Waals surface area contributed by atoms with Gasteiger partial charge in [-0.15, -0.1) is 0 Å². The third-order valence-corrected chi connectivity index (χ3v) is 9.98. The zero-order valence-corrected chi connectivity index (χ0v) is 28.7. The van der Waals surface area contributed by atoms with E-state index in [1.165, 1.54) is 5.39 Å². The van der Waals surface area contributed by atoms with Gasteiger partial charge in [-0.3, -0.25) is 0 Å². The summed E-state index contributed by atoms with van der Waals surface area (Å²) in [6.07, 6.45) is 6.04. The summed E-state index contributed by atoms with van der Waals surface area (Å²) in [5.74, 6) is 2.64. The summed E-state index contributed by atoms with van der Waals surface area (Å²) < 4.78 is 13.0. The number of allylic oxidation sites excluding steroid dienone is 2. The molecule has 0 bridgehead atoms. The van der Waals surface area contributed by atoms with Crippen LogP contribution >= 0.6 is 0 Å². The molecule has 0 atom stereocenters. The predicted octanol–water partition coefficient (Wildman–Crippen LogP) is 12.6. The molecule has 3 heterocycles.